The van der Waals surface area contributed by atoms with Crippen molar-refractivity contribution in [3.63, 3.8) is 0 Å². The molecule has 0 saturated heterocycles. The maximum atomic E-state index is 13.4. The van der Waals surface area contributed by atoms with Crippen molar-refractivity contribution < 1.29 is 28.8 Å². The van der Waals surface area contributed by atoms with E-state index in [0.29, 0.717) is 5.69 Å². The van der Waals surface area contributed by atoms with Gasteiger partial charge < -0.3 is 14.4 Å². The SMILES string of the molecule is COC(=O)C1(C(=O)OC)C(C(=O)c2ccc([N+](=O)[O-])cc2)=CN(C)c2ccccc21. The third-order valence-electron chi connectivity index (χ3n) is 4.98. The molecule has 3 rings (SSSR count). The van der Waals surface area contributed by atoms with Gasteiger partial charge in [-0.05, 0) is 18.2 Å². The third-order valence-corrected chi connectivity index (χ3v) is 4.98. The van der Waals surface area contributed by atoms with E-state index < -0.39 is 28.1 Å². The molecule has 0 atom stereocenters. The van der Waals surface area contributed by atoms with E-state index in [1.807, 2.05) is 0 Å². The molecule has 0 aliphatic carbocycles. The maximum Gasteiger partial charge on any atom is 0.332 e. The summed E-state index contributed by atoms with van der Waals surface area (Å²) in [6.07, 6.45) is 1.37. The van der Waals surface area contributed by atoms with Crippen molar-refractivity contribution in [2.45, 2.75) is 5.41 Å². The highest BCUT2D eigenvalue weighted by Crippen LogP contribution is 2.45. The molecule has 2 aromatic rings. The van der Waals surface area contributed by atoms with Crippen molar-refractivity contribution in [1.82, 2.24) is 0 Å². The highest BCUT2D eigenvalue weighted by molar-refractivity contribution is 6.24. The summed E-state index contributed by atoms with van der Waals surface area (Å²) in [7, 11) is 3.89. The average molecular weight is 410 g/mol. The van der Waals surface area contributed by atoms with Gasteiger partial charge in [0, 0.05) is 47.8 Å². The van der Waals surface area contributed by atoms with Gasteiger partial charge in [0.05, 0.1) is 19.1 Å². The number of methoxy groups -OCH3 is 2. The molecule has 0 amide bonds. The number of nitrogens with zero attached hydrogens (tertiary/aromatic N) is 2. The third kappa shape index (κ3) is 3.00. The zero-order valence-corrected chi connectivity index (χ0v) is 16.4. The Kier molecular flexibility index (Phi) is 5.37. The van der Waals surface area contributed by atoms with Crippen molar-refractivity contribution in [3.05, 3.63) is 81.5 Å². The fourth-order valence-corrected chi connectivity index (χ4v) is 3.55. The predicted molar refractivity (Wildman–Crippen MR) is 106 cm³/mol. The van der Waals surface area contributed by atoms with Crippen LogP contribution in [0, 0.1) is 10.1 Å². The smallest absolute Gasteiger partial charge is 0.332 e. The van der Waals surface area contributed by atoms with E-state index in [1.165, 1.54) is 30.5 Å². The number of rotatable bonds is 5. The minimum absolute atomic E-state index is 0.0665. The zero-order chi connectivity index (χ0) is 22.1. The van der Waals surface area contributed by atoms with Crippen LogP contribution >= 0.6 is 0 Å². The Labute approximate surface area is 171 Å². The number of nitro benzene ring substituents is 1. The van der Waals surface area contributed by atoms with E-state index in [-0.39, 0.29) is 22.4 Å². The van der Waals surface area contributed by atoms with Gasteiger partial charge in [0.1, 0.15) is 0 Å². The Morgan fingerprint density at radius 1 is 0.967 bits per heavy atom. The molecule has 0 bridgehead atoms. The first-order valence-electron chi connectivity index (χ1n) is 8.79. The van der Waals surface area contributed by atoms with Crippen molar-refractivity contribution in [3.8, 4) is 0 Å². The summed E-state index contributed by atoms with van der Waals surface area (Å²) in [6, 6.07) is 11.5. The first-order chi connectivity index (χ1) is 14.3. The number of hydrogen-bond acceptors (Lipinski definition) is 8. The number of non-ortho nitro benzene ring substituents is 1. The molecule has 0 fully saturated rings. The Hall–Kier alpha value is -4.01. The van der Waals surface area contributed by atoms with Crippen LogP contribution in [-0.4, -0.2) is 43.9 Å². The topological polar surface area (TPSA) is 116 Å². The lowest BCUT2D eigenvalue weighted by atomic mass is 9.69. The molecule has 0 N–H and O–H groups in total. The molecule has 0 radical (unpaired) electrons. The summed E-state index contributed by atoms with van der Waals surface area (Å²) in [6.45, 7) is 0. The second kappa shape index (κ2) is 7.78. The van der Waals surface area contributed by atoms with Crippen LogP contribution in [0.15, 0.2) is 60.3 Å². The van der Waals surface area contributed by atoms with Gasteiger partial charge in [-0.3, -0.25) is 24.5 Å². The monoisotopic (exact) mass is 410 g/mol. The Balaban J connectivity index is 2.27. The average Bonchev–Trinajstić information content (AvgIpc) is 2.77. The number of ether oxygens (including phenoxy) is 2. The Morgan fingerprint density at radius 2 is 1.53 bits per heavy atom. The van der Waals surface area contributed by atoms with Crippen LogP contribution in [0.1, 0.15) is 15.9 Å². The van der Waals surface area contributed by atoms with Gasteiger partial charge in [0.25, 0.3) is 5.69 Å². The lowest BCUT2D eigenvalue weighted by molar-refractivity contribution is -0.384. The second-order valence-electron chi connectivity index (χ2n) is 6.54. The Bertz CT molecular complexity index is 1060. The number of esters is 2. The summed E-state index contributed by atoms with van der Waals surface area (Å²) < 4.78 is 9.87. The molecule has 30 heavy (non-hydrogen) atoms. The van der Waals surface area contributed by atoms with Crippen LogP contribution in [0.5, 0.6) is 0 Å². The van der Waals surface area contributed by atoms with Gasteiger partial charge in [0.15, 0.2) is 5.78 Å². The number of ketones is 1. The first-order valence-corrected chi connectivity index (χ1v) is 8.79. The summed E-state index contributed by atoms with van der Waals surface area (Å²) in [5.41, 5.74) is -1.70. The number of benzene rings is 2. The second-order valence-corrected chi connectivity index (χ2v) is 6.54. The van der Waals surface area contributed by atoms with Crippen molar-refractivity contribution in [2.75, 3.05) is 26.2 Å². The van der Waals surface area contributed by atoms with E-state index in [1.54, 1.807) is 36.2 Å². The molecule has 0 aromatic heterocycles. The Morgan fingerprint density at radius 3 is 2.07 bits per heavy atom. The number of nitro groups is 1. The van der Waals surface area contributed by atoms with E-state index >= 15 is 0 Å². The standard InChI is InChI=1S/C21H18N2O7/c1-22-12-16(18(24)13-8-10-14(11-9-13)23(27)28)21(19(25)29-2,20(26)30-3)15-6-4-5-7-17(15)22/h4-12H,1-3H3. The van der Waals surface area contributed by atoms with Gasteiger partial charge in [-0.15, -0.1) is 0 Å². The zero-order valence-electron chi connectivity index (χ0n) is 16.4. The number of carbonyl (C=O) groups excluding carboxylic acids is 3. The number of para-hydroxylation sites is 1. The molecular formula is C21H18N2O7. The van der Waals surface area contributed by atoms with Crippen molar-refractivity contribution in [1.29, 1.82) is 0 Å². The summed E-state index contributed by atoms with van der Waals surface area (Å²) in [5.74, 6) is -2.62. The van der Waals surface area contributed by atoms with E-state index in [2.05, 4.69) is 0 Å². The number of anilines is 1. The fraction of sp³-hybridized carbons (Fsp3) is 0.190. The molecule has 1 aliphatic heterocycles. The molecule has 9 heteroatoms. The van der Waals surface area contributed by atoms with Crippen molar-refractivity contribution >= 4 is 29.1 Å². The molecule has 0 saturated carbocycles. The normalized spacial score (nSPS) is 14.2. The number of fused-ring (bicyclic) bond motifs is 1. The van der Waals surface area contributed by atoms with Gasteiger partial charge in [-0.2, -0.15) is 0 Å². The highest BCUT2D eigenvalue weighted by Gasteiger charge is 2.58. The molecule has 1 aliphatic rings. The van der Waals surface area contributed by atoms with Crippen LogP contribution in [0.3, 0.4) is 0 Å². The first kappa shape index (κ1) is 20.7. The minimum atomic E-state index is -2.15. The minimum Gasteiger partial charge on any atom is -0.468 e. The molecule has 2 aromatic carbocycles. The van der Waals surface area contributed by atoms with Gasteiger partial charge in [-0.25, -0.2) is 0 Å². The van der Waals surface area contributed by atoms with Crippen LogP contribution in [0.2, 0.25) is 0 Å². The van der Waals surface area contributed by atoms with Crippen molar-refractivity contribution in [2.24, 2.45) is 0 Å². The summed E-state index contributed by atoms with van der Waals surface area (Å²) in [5, 5.41) is 10.9. The van der Waals surface area contributed by atoms with Gasteiger partial charge >= 0.3 is 11.9 Å². The molecule has 154 valence electrons. The quantitative estimate of drug-likeness (QED) is 0.243. The predicted octanol–water partition coefficient (Wildman–Crippen LogP) is 2.40. The molecule has 0 unspecified atom stereocenters. The van der Waals surface area contributed by atoms with Crippen LogP contribution in [0.25, 0.3) is 0 Å². The van der Waals surface area contributed by atoms with Crippen LogP contribution < -0.4 is 4.90 Å². The fourth-order valence-electron chi connectivity index (χ4n) is 3.55. The van der Waals surface area contributed by atoms with Crippen LogP contribution in [-0.2, 0) is 24.5 Å². The van der Waals surface area contributed by atoms with E-state index in [4.69, 9.17) is 9.47 Å². The highest BCUT2D eigenvalue weighted by atomic mass is 16.6. The number of Topliss-reactive ketones (excluding diaryl/α,β-unsaturated/α-hetero) is 1. The molecular weight excluding hydrogens is 392 g/mol. The summed E-state index contributed by atoms with van der Waals surface area (Å²) >= 11 is 0. The lowest BCUT2D eigenvalue weighted by Gasteiger charge is -2.38. The van der Waals surface area contributed by atoms with E-state index in [0.717, 1.165) is 14.2 Å². The largest absolute Gasteiger partial charge is 0.468 e. The maximum absolute atomic E-state index is 13.4. The lowest BCUT2D eigenvalue weighted by Crippen LogP contribution is -2.52. The van der Waals surface area contributed by atoms with Gasteiger partial charge in [-0.1, -0.05) is 18.2 Å². The molecule has 0 spiro atoms. The summed E-state index contributed by atoms with van der Waals surface area (Å²) in [4.78, 5) is 51.4. The van der Waals surface area contributed by atoms with Gasteiger partial charge in [0.2, 0.25) is 5.41 Å². The molecule has 9 nitrogen and oxygen atoms in total. The van der Waals surface area contributed by atoms with E-state index in [9.17, 15) is 24.5 Å². The number of carbonyl (C=O) groups is 3. The molecule has 1 heterocycles. The number of hydrogen-bond donors (Lipinski definition) is 0. The van der Waals surface area contributed by atoms with Crippen LogP contribution in [0.4, 0.5) is 11.4 Å².